The molecule has 2 aromatic carbocycles. The third kappa shape index (κ3) is 3.03. The third-order valence-electron chi connectivity index (χ3n) is 3.48. The molecule has 0 radical (unpaired) electrons. The van der Waals surface area contributed by atoms with Crippen LogP contribution < -0.4 is 4.74 Å². The number of hydrogen-bond donors (Lipinski definition) is 0. The molecule has 0 unspecified atom stereocenters. The summed E-state index contributed by atoms with van der Waals surface area (Å²) in [7, 11) is 0. The average molecular weight is 365 g/mol. The first kappa shape index (κ1) is 15.5. The zero-order valence-corrected chi connectivity index (χ0v) is 14.3. The second-order valence-electron chi connectivity index (χ2n) is 5.09. The predicted molar refractivity (Wildman–Crippen MR) is 96.9 cm³/mol. The number of para-hydroxylation sites is 1. The van der Waals surface area contributed by atoms with Crippen LogP contribution in [0, 0.1) is 11.3 Å². The standard InChI is InChI=1S/C18H9ClN4OS/c19-13-3-1-2-4-16(13)24-15-6-5-11(7-12(15)8-20)17-23-14-9-21-10-22-18(14)25-17/h1-7,9-10H. The van der Waals surface area contributed by atoms with E-state index in [1.807, 2.05) is 18.2 Å². The van der Waals surface area contributed by atoms with E-state index in [4.69, 9.17) is 16.3 Å². The summed E-state index contributed by atoms with van der Waals surface area (Å²) >= 11 is 7.56. The Bertz CT molecular complexity index is 1090. The number of nitriles is 1. The Morgan fingerprint density at radius 3 is 2.80 bits per heavy atom. The molecule has 0 N–H and O–H groups in total. The van der Waals surface area contributed by atoms with Crippen molar-refractivity contribution in [1.82, 2.24) is 15.0 Å². The maximum atomic E-state index is 9.47. The van der Waals surface area contributed by atoms with Gasteiger partial charge in [0.05, 0.1) is 16.8 Å². The maximum absolute atomic E-state index is 9.47. The van der Waals surface area contributed by atoms with Crippen LogP contribution in [0.4, 0.5) is 0 Å². The van der Waals surface area contributed by atoms with Crippen LogP contribution in [0.25, 0.3) is 20.9 Å². The van der Waals surface area contributed by atoms with E-state index < -0.39 is 0 Å². The summed E-state index contributed by atoms with van der Waals surface area (Å²) in [5, 5.41) is 10.7. The molecule has 4 rings (SSSR count). The van der Waals surface area contributed by atoms with E-state index in [1.54, 1.807) is 30.5 Å². The minimum absolute atomic E-state index is 0.405. The molecule has 0 spiro atoms. The number of ether oxygens (including phenoxy) is 1. The van der Waals surface area contributed by atoms with Crippen LogP contribution >= 0.6 is 22.9 Å². The number of halogens is 1. The molecule has 0 aliphatic heterocycles. The van der Waals surface area contributed by atoms with Gasteiger partial charge in [-0.3, -0.25) is 0 Å². The van der Waals surface area contributed by atoms with Gasteiger partial charge in [-0.15, -0.1) is 0 Å². The lowest BCUT2D eigenvalue weighted by atomic mass is 10.1. The van der Waals surface area contributed by atoms with Gasteiger partial charge in [0.1, 0.15) is 39.3 Å². The first-order chi connectivity index (χ1) is 12.2. The summed E-state index contributed by atoms with van der Waals surface area (Å²) in [4.78, 5) is 13.5. The van der Waals surface area contributed by atoms with Crippen molar-refractivity contribution in [1.29, 1.82) is 5.26 Å². The highest BCUT2D eigenvalue weighted by Crippen LogP contribution is 2.34. The zero-order chi connectivity index (χ0) is 17.2. The number of thiazole rings is 1. The summed E-state index contributed by atoms with van der Waals surface area (Å²) in [6.45, 7) is 0. The van der Waals surface area contributed by atoms with Crippen molar-refractivity contribution in [2.45, 2.75) is 0 Å². The summed E-state index contributed by atoms with van der Waals surface area (Å²) in [6, 6.07) is 14.6. The first-order valence-electron chi connectivity index (χ1n) is 7.28. The molecule has 120 valence electrons. The molecule has 0 bridgehead atoms. The van der Waals surface area contributed by atoms with Gasteiger partial charge in [-0.2, -0.15) is 5.26 Å². The lowest BCUT2D eigenvalue weighted by Crippen LogP contribution is -1.90. The molecule has 0 aliphatic carbocycles. The molecule has 2 heterocycles. The van der Waals surface area contributed by atoms with Crippen LogP contribution in [0.15, 0.2) is 55.0 Å². The van der Waals surface area contributed by atoms with Crippen molar-refractivity contribution in [2.24, 2.45) is 0 Å². The van der Waals surface area contributed by atoms with E-state index in [2.05, 4.69) is 21.0 Å². The fraction of sp³-hybridized carbons (Fsp3) is 0. The van der Waals surface area contributed by atoms with E-state index in [0.29, 0.717) is 22.1 Å². The van der Waals surface area contributed by atoms with Crippen molar-refractivity contribution in [3.8, 4) is 28.1 Å². The molecule has 4 aromatic rings. The molecule has 0 atom stereocenters. The molecule has 0 saturated carbocycles. The Kier molecular flexibility index (Phi) is 4.02. The van der Waals surface area contributed by atoms with E-state index in [9.17, 15) is 5.26 Å². The summed E-state index contributed by atoms with van der Waals surface area (Å²) in [5.41, 5.74) is 1.96. The molecule has 0 fully saturated rings. The number of aromatic nitrogens is 3. The van der Waals surface area contributed by atoms with Gasteiger partial charge >= 0.3 is 0 Å². The second kappa shape index (κ2) is 6.48. The largest absolute Gasteiger partial charge is 0.454 e. The van der Waals surface area contributed by atoms with Gasteiger partial charge in [0.15, 0.2) is 0 Å². The van der Waals surface area contributed by atoms with Crippen molar-refractivity contribution in [3.63, 3.8) is 0 Å². The Labute approximate surface area is 152 Å². The molecular weight excluding hydrogens is 356 g/mol. The van der Waals surface area contributed by atoms with Crippen molar-refractivity contribution < 1.29 is 4.74 Å². The number of nitrogens with zero attached hydrogens (tertiary/aromatic N) is 4. The van der Waals surface area contributed by atoms with Gasteiger partial charge in [0.2, 0.25) is 0 Å². The molecule has 2 aromatic heterocycles. The van der Waals surface area contributed by atoms with E-state index >= 15 is 0 Å². The van der Waals surface area contributed by atoms with Crippen LogP contribution in [0.3, 0.4) is 0 Å². The van der Waals surface area contributed by atoms with E-state index in [-0.39, 0.29) is 0 Å². The fourth-order valence-corrected chi connectivity index (χ4v) is 3.35. The van der Waals surface area contributed by atoms with Crippen molar-refractivity contribution in [2.75, 3.05) is 0 Å². The minimum Gasteiger partial charge on any atom is -0.454 e. The van der Waals surface area contributed by atoms with Crippen molar-refractivity contribution >= 4 is 33.3 Å². The Balaban J connectivity index is 1.72. The minimum atomic E-state index is 0.405. The Morgan fingerprint density at radius 1 is 1.12 bits per heavy atom. The highest BCUT2D eigenvalue weighted by molar-refractivity contribution is 7.21. The predicted octanol–water partition coefficient (Wildman–Crippen LogP) is 5.07. The fourth-order valence-electron chi connectivity index (χ4n) is 2.30. The van der Waals surface area contributed by atoms with Crippen LogP contribution in [0.1, 0.15) is 5.56 Å². The van der Waals surface area contributed by atoms with Gasteiger partial charge < -0.3 is 4.74 Å². The summed E-state index contributed by atoms with van der Waals surface area (Å²) < 4.78 is 5.79. The smallest absolute Gasteiger partial charge is 0.147 e. The van der Waals surface area contributed by atoms with Gasteiger partial charge in [0.25, 0.3) is 0 Å². The molecule has 5 nitrogen and oxygen atoms in total. The molecule has 7 heteroatoms. The first-order valence-corrected chi connectivity index (χ1v) is 8.47. The van der Waals surface area contributed by atoms with Crippen LogP contribution in [-0.4, -0.2) is 15.0 Å². The molecule has 0 aliphatic rings. The third-order valence-corrected chi connectivity index (χ3v) is 4.82. The van der Waals surface area contributed by atoms with Crippen LogP contribution in [0.5, 0.6) is 11.5 Å². The quantitative estimate of drug-likeness (QED) is 0.507. The number of hydrogen-bond acceptors (Lipinski definition) is 6. The van der Waals surface area contributed by atoms with Gasteiger partial charge in [-0.1, -0.05) is 35.1 Å². The van der Waals surface area contributed by atoms with E-state index in [1.165, 1.54) is 17.7 Å². The monoisotopic (exact) mass is 364 g/mol. The maximum Gasteiger partial charge on any atom is 0.147 e. The summed E-state index contributed by atoms with van der Waals surface area (Å²) in [6.07, 6.45) is 3.16. The number of fused-ring (bicyclic) bond motifs is 1. The zero-order valence-electron chi connectivity index (χ0n) is 12.7. The summed E-state index contributed by atoms with van der Waals surface area (Å²) in [5.74, 6) is 0.948. The second-order valence-corrected chi connectivity index (χ2v) is 6.47. The molecule has 0 amide bonds. The lowest BCUT2D eigenvalue weighted by Gasteiger charge is -2.09. The molecule has 25 heavy (non-hydrogen) atoms. The van der Waals surface area contributed by atoms with Crippen LogP contribution in [0.2, 0.25) is 5.02 Å². The van der Waals surface area contributed by atoms with Gasteiger partial charge in [-0.05, 0) is 30.3 Å². The molecule has 0 saturated heterocycles. The van der Waals surface area contributed by atoms with E-state index in [0.717, 1.165) is 20.9 Å². The van der Waals surface area contributed by atoms with Crippen LogP contribution in [-0.2, 0) is 0 Å². The Morgan fingerprint density at radius 2 is 2.00 bits per heavy atom. The Hall–Kier alpha value is -3.01. The molecular formula is C18H9ClN4OS. The van der Waals surface area contributed by atoms with Gasteiger partial charge in [-0.25, -0.2) is 15.0 Å². The topological polar surface area (TPSA) is 71.7 Å². The average Bonchev–Trinajstić information content (AvgIpc) is 3.08. The number of rotatable bonds is 3. The highest BCUT2D eigenvalue weighted by Gasteiger charge is 2.12. The highest BCUT2D eigenvalue weighted by atomic mass is 35.5. The van der Waals surface area contributed by atoms with Gasteiger partial charge in [0, 0.05) is 5.56 Å². The van der Waals surface area contributed by atoms with Crippen molar-refractivity contribution in [3.05, 3.63) is 65.6 Å². The lowest BCUT2D eigenvalue weighted by molar-refractivity contribution is 0.481. The number of benzene rings is 2. The normalized spacial score (nSPS) is 10.6. The SMILES string of the molecule is N#Cc1cc(-c2nc3cncnc3s2)ccc1Oc1ccccc1Cl.